The van der Waals surface area contributed by atoms with Crippen LogP contribution in [0.3, 0.4) is 0 Å². The Labute approximate surface area is 455 Å². The molecule has 4 heterocycles. The largest absolute Gasteiger partial charge is 0.506 e. The molecule has 19 nitrogen and oxygen atoms in total. The zero-order chi connectivity index (χ0) is 55.9. The summed E-state index contributed by atoms with van der Waals surface area (Å²) in [5, 5.41) is 17.7. The number of aromatic hydroxyl groups is 1. The van der Waals surface area contributed by atoms with Gasteiger partial charge in [-0.2, -0.15) is 13.7 Å². The van der Waals surface area contributed by atoms with Crippen molar-refractivity contribution >= 4 is 83.8 Å². The van der Waals surface area contributed by atoms with Crippen molar-refractivity contribution in [3.8, 4) is 28.9 Å². The molecule has 1 N–H and O–H groups in total. The molecule has 0 aliphatic heterocycles. The van der Waals surface area contributed by atoms with Crippen LogP contribution in [0.1, 0.15) is 66.9 Å². The van der Waals surface area contributed by atoms with Crippen LogP contribution in [0.2, 0.25) is 0 Å². The lowest BCUT2D eigenvalue weighted by Crippen LogP contribution is -2.41. The molecule has 0 amide bonds. The third kappa shape index (κ3) is 11.4. The molecule has 0 radical (unpaired) electrons. The van der Waals surface area contributed by atoms with Crippen molar-refractivity contribution in [1.82, 2.24) is 27.4 Å². The summed E-state index contributed by atoms with van der Waals surface area (Å²) >= 11 is 6.72. The maximum absolute atomic E-state index is 13.7. The minimum Gasteiger partial charge on any atom is -0.506 e. The van der Waals surface area contributed by atoms with Crippen molar-refractivity contribution in [2.45, 2.75) is 82.2 Å². The molecule has 0 atom stereocenters. The van der Waals surface area contributed by atoms with E-state index in [1.165, 1.54) is 82.0 Å². The molecule has 4 aromatic carbocycles. The summed E-state index contributed by atoms with van der Waals surface area (Å²) in [6.07, 6.45) is 2.77. The molecular formula is C52H48Br2ClN7O12S2. The van der Waals surface area contributed by atoms with E-state index in [0.29, 0.717) is 24.2 Å². The topological polar surface area (TPSA) is 254 Å². The van der Waals surface area contributed by atoms with Gasteiger partial charge >= 0.3 is 21.5 Å². The van der Waals surface area contributed by atoms with E-state index in [1.54, 1.807) is 78.9 Å². The molecule has 2 saturated carbocycles. The van der Waals surface area contributed by atoms with Crippen LogP contribution in [0.5, 0.6) is 11.5 Å². The summed E-state index contributed by atoms with van der Waals surface area (Å²) in [7, 11) is 0.0737. The van der Waals surface area contributed by atoms with Gasteiger partial charge < -0.3 is 9.29 Å². The Hall–Kier alpha value is -7.10. The fraction of sp³-hybridized carbons (Fsp3) is 0.250. The number of nitrogens with zero attached hydrogens (tertiary/aromatic N) is 7. The van der Waals surface area contributed by atoms with E-state index in [1.807, 2.05) is 13.8 Å². The normalized spacial score (nSPS) is 13.1. The van der Waals surface area contributed by atoms with E-state index in [9.17, 15) is 50.7 Å². The highest BCUT2D eigenvalue weighted by molar-refractivity contribution is 9.10. The van der Waals surface area contributed by atoms with Gasteiger partial charge in [0.05, 0.1) is 33.5 Å². The van der Waals surface area contributed by atoms with E-state index in [-0.39, 0.29) is 66.6 Å². The van der Waals surface area contributed by atoms with Crippen molar-refractivity contribution in [2.24, 2.45) is 14.1 Å². The molecule has 4 aromatic heterocycles. The monoisotopic (exact) mass is 1220 g/mol. The second-order valence-corrected chi connectivity index (χ2v) is 23.8. The highest BCUT2D eigenvalue weighted by atomic mass is 79.9. The first-order chi connectivity index (χ1) is 35.7. The van der Waals surface area contributed by atoms with E-state index in [4.69, 9.17) is 20.1 Å². The molecule has 24 heteroatoms. The van der Waals surface area contributed by atoms with Gasteiger partial charge in [-0.25, -0.2) is 27.1 Å². The maximum Gasteiger partial charge on any atom is 0.339 e. The van der Waals surface area contributed by atoms with Crippen molar-refractivity contribution in [1.29, 1.82) is 5.26 Å². The number of benzene rings is 4. The Bertz CT molecular complexity index is 4270. The summed E-state index contributed by atoms with van der Waals surface area (Å²) in [6.45, 7) is 7.99. The molecule has 8 aromatic rings. The molecule has 76 heavy (non-hydrogen) atoms. The molecular weight excluding hydrogens is 1170 g/mol. The van der Waals surface area contributed by atoms with E-state index in [0.717, 1.165) is 37.5 Å². The van der Waals surface area contributed by atoms with Gasteiger partial charge in [0.25, 0.3) is 31.3 Å². The molecule has 0 spiro atoms. The number of nitriles is 1. The third-order valence-corrected chi connectivity index (χ3v) is 16.0. The summed E-state index contributed by atoms with van der Waals surface area (Å²) in [6, 6.07) is 27.4. The van der Waals surface area contributed by atoms with Crippen LogP contribution in [0, 0.1) is 39.0 Å². The first kappa shape index (κ1) is 56.6. The Morgan fingerprint density at radius 1 is 0.579 bits per heavy atom. The predicted octanol–water partition coefficient (Wildman–Crippen LogP) is 7.75. The summed E-state index contributed by atoms with van der Waals surface area (Å²) < 4.78 is 62.2. The molecule has 0 unspecified atom stereocenters. The van der Waals surface area contributed by atoms with Gasteiger partial charge in [-0.1, -0.05) is 67.3 Å². The minimum atomic E-state index is -4.39. The number of aryl methyl sites for hydroxylation is 4. The highest BCUT2D eigenvalue weighted by Crippen LogP contribution is 2.36. The number of fused-ring (bicyclic) bond motifs is 2. The van der Waals surface area contributed by atoms with Crippen molar-refractivity contribution in [2.75, 3.05) is 0 Å². The number of rotatable bonds is 8. The first-order valence-corrected chi connectivity index (χ1v) is 28.4. The number of pyridine rings is 2. The molecule has 2 aliphatic rings. The van der Waals surface area contributed by atoms with Gasteiger partial charge in [-0.15, -0.1) is 0 Å². The molecule has 0 saturated heterocycles. The van der Waals surface area contributed by atoms with Gasteiger partial charge in [0.15, 0.2) is 5.75 Å². The third-order valence-electron chi connectivity index (χ3n) is 12.4. The van der Waals surface area contributed by atoms with E-state index in [2.05, 4.69) is 31.9 Å². The molecule has 2 fully saturated rings. The van der Waals surface area contributed by atoms with Crippen LogP contribution in [0.15, 0.2) is 145 Å². The highest BCUT2D eigenvalue weighted by Gasteiger charge is 2.34. The number of aromatic nitrogens is 6. The van der Waals surface area contributed by atoms with Gasteiger partial charge in [0, 0.05) is 52.7 Å². The second kappa shape index (κ2) is 22.2. The molecule has 396 valence electrons. The lowest BCUT2D eigenvalue weighted by Gasteiger charge is -2.19. The summed E-state index contributed by atoms with van der Waals surface area (Å²) in [5.41, 5.74) is -0.560. The maximum atomic E-state index is 13.7. The van der Waals surface area contributed by atoms with Gasteiger partial charge in [-0.05, 0) is 126 Å². The predicted molar refractivity (Wildman–Crippen MR) is 296 cm³/mol. The van der Waals surface area contributed by atoms with Gasteiger partial charge in [0.1, 0.15) is 32.7 Å². The SMILES string of the molecule is CC#N.Cc1c(O)c2c(=O)n(C3CC3)c(=O)n(-c3ccc(Br)cc3)c2n(C)c1=O.Cc1ccc(S(=O)(=O)Cl)cc1.Cc1ccc(S(=O)(=O)Oc2c(C)c(=O)n(C)c3c2c(=O)n(C2CC2)c(=O)n3-c2ccc(Br)cc2)cc1. The Morgan fingerprint density at radius 2 is 0.934 bits per heavy atom. The average molecular weight is 1220 g/mol. The van der Waals surface area contributed by atoms with Gasteiger partial charge in [0.2, 0.25) is 0 Å². The van der Waals surface area contributed by atoms with E-state index >= 15 is 0 Å². The van der Waals surface area contributed by atoms with Crippen LogP contribution in [-0.4, -0.2) is 49.3 Å². The van der Waals surface area contributed by atoms with Crippen molar-refractivity contribution < 1.29 is 26.1 Å². The average Bonchev–Trinajstić information content (AvgIpc) is 4.34. The fourth-order valence-corrected chi connectivity index (χ4v) is 10.5. The lowest BCUT2D eigenvalue weighted by atomic mass is 10.2. The summed E-state index contributed by atoms with van der Waals surface area (Å²) in [5.74, 6) is -0.743. The molecule has 10 rings (SSSR count). The van der Waals surface area contributed by atoms with Crippen molar-refractivity contribution in [3.63, 3.8) is 0 Å². The van der Waals surface area contributed by atoms with Crippen LogP contribution in [0.4, 0.5) is 0 Å². The van der Waals surface area contributed by atoms with Crippen molar-refractivity contribution in [3.05, 3.63) is 191 Å². The van der Waals surface area contributed by atoms with Gasteiger partial charge in [-0.3, -0.25) is 37.4 Å². The van der Waals surface area contributed by atoms with Crippen LogP contribution in [-0.2, 0) is 33.3 Å². The number of halogens is 3. The van der Waals surface area contributed by atoms with Crippen LogP contribution >= 0.6 is 42.5 Å². The summed E-state index contributed by atoms with van der Waals surface area (Å²) in [4.78, 5) is 79.2. The first-order valence-electron chi connectivity index (χ1n) is 23.1. The molecule has 0 bridgehead atoms. The zero-order valence-corrected chi connectivity index (χ0v) is 47.3. The van der Waals surface area contributed by atoms with Crippen LogP contribution < -0.4 is 37.8 Å². The minimum absolute atomic E-state index is 0.0148. The van der Waals surface area contributed by atoms with Crippen LogP contribution in [0.25, 0.3) is 33.4 Å². The Morgan fingerprint density at radius 3 is 1.32 bits per heavy atom. The molecule has 2 aliphatic carbocycles. The Kier molecular flexibility index (Phi) is 16.6. The second-order valence-electron chi connectivity index (χ2n) is 17.9. The number of hydrogen-bond acceptors (Lipinski definition) is 13. The van der Waals surface area contributed by atoms with E-state index < -0.39 is 52.8 Å². The fourth-order valence-electron chi connectivity index (χ4n) is 8.16. The quantitative estimate of drug-likeness (QED) is 0.113. The standard InChI is InChI=1S/C25H22BrN3O6S.C18H16BrN3O4.C7H7ClO2S.C2H3N/c1-14-4-12-19(13-5-14)36(33,34)35-21-15(2)23(30)27(3)22-20(21)24(31)29(18-10-11-18)25(32)28(22)17-8-6-16(26)7-9-17;1-9-14(23)13-15(20(2)16(9)24)21(11-5-3-10(19)4-6-11)18(26)22(17(13)25)12-7-8-12;1-6-2-4-7(5-3-6)11(8,9)10;1-2-3/h4-9,12-13,18H,10-11H2,1-3H3;3-6,12,23H,7-8H2,1-2H3;2-5H,1H3;1H3. The zero-order valence-electron chi connectivity index (χ0n) is 41.7. The number of hydrogen-bond donors (Lipinski definition) is 1. The smallest absolute Gasteiger partial charge is 0.339 e. The lowest BCUT2D eigenvalue weighted by molar-refractivity contribution is 0.472. The Balaban J connectivity index is 0.000000182.